The van der Waals surface area contributed by atoms with Crippen molar-refractivity contribution in [3.05, 3.63) is 68.5 Å². The zero-order chi connectivity index (χ0) is 22.2. The normalized spacial score (nSPS) is 26.9. The highest BCUT2D eigenvalue weighted by atomic mass is 16.8. The van der Waals surface area contributed by atoms with Crippen molar-refractivity contribution in [1.29, 1.82) is 0 Å². The van der Waals surface area contributed by atoms with Gasteiger partial charge in [-0.1, -0.05) is 29.8 Å². The van der Waals surface area contributed by atoms with Crippen molar-refractivity contribution in [2.75, 3.05) is 13.2 Å². The Kier molecular flexibility index (Phi) is 5.83. The summed E-state index contributed by atoms with van der Waals surface area (Å²) < 4.78 is 19.5. The molecule has 0 aliphatic carbocycles. The standard InChI is InChI=1S/C22H27N3O6/c1-13-4-6-14(7-5-13)10-18(27)23-11-16-20-19(30-22(2,3)31-20)15(12-29-16)25-9-8-17(26)24-21(25)28/h4-9,15-16,19-20H,10-12H2,1-3H3,(H,23,27)(H,24,26,28)/t15-,16-,19+,20-/m1/s1. The number of hydrogen-bond acceptors (Lipinski definition) is 6. The Morgan fingerprint density at radius 1 is 1.16 bits per heavy atom. The zero-order valence-corrected chi connectivity index (χ0v) is 17.8. The molecule has 31 heavy (non-hydrogen) atoms. The summed E-state index contributed by atoms with van der Waals surface area (Å²) in [5.74, 6) is -0.974. The number of carbonyl (C=O) groups is 1. The van der Waals surface area contributed by atoms with Crippen LogP contribution in [0.3, 0.4) is 0 Å². The van der Waals surface area contributed by atoms with E-state index in [0.717, 1.165) is 11.1 Å². The Labute approximate surface area is 179 Å². The second kappa shape index (κ2) is 8.41. The van der Waals surface area contributed by atoms with Gasteiger partial charge < -0.3 is 19.5 Å². The molecule has 0 radical (unpaired) electrons. The predicted molar refractivity (Wildman–Crippen MR) is 112 cm³/mol. The molecule has 1 aromatic carbocycles. The van der Waals surface area contributed by atoms with E-state index in [1.807, 2.05) is 31.2 Å². The summed E-state index contributed by atoms with van der Waals surface area (Å²) in [4.78, 5) is 38.3. The van der Waals surface area contributed by atoms with Crippen molar-refractivity contribution in [2.24, 2.45) is 0 Å². The van der Waals surface area contributed by atoms with Crippen molar-refractivity contribution in [3.8, 4) is 0 Å². The number of H-pyrrole nitrogens is 1. The summed E-state index contributed by atoms with van der Waals surface area (Å²) in [6.07, 6.45) is 0.339. The SMILES string of the molecule is Cc1ccc(CC(=O)NC[C@H]2OC[C@@H](n3ccc(=O)[nH]c3=O)[C@@H]3OC(C)(C)O[C@@H]32)cc1. The van der Waals surface area contributed by atoms with E-state index in [1.165, 1.54) is 16.8 Å². The number of rotatable bonds is 5. The summed E-state index contributed by atoms with van der Waals surface area (Å²) >= 11 is 0. The predicted octanol–water partition coefficient (Wildman–Crippen LogP) is 0.664. The van der Waals surface area contributed by atoms with E-state index >= 15 is 0 Å². The number of nitrogens with one attached hydrogen (secondary N) is 2. The van der Waals surface area contributed by atoms with Crippen LogP contribution in [0.15, 0.2) is 46.1 Å². The Balaban J connectivity index is 1.44. The van der Waals surface area contributed by atoms with Crippen LogP contribution >= 0.6 is 0 Å². The monoisotopic (exact) mass is 429 g/mol. The molecule has 0 saturated carbocycles. The number of benzene rings is 1. The fourth-order valence-electron chi connectivity index (χ4n) is 4.08. The molecule has 0 unspecified atom stereocenters. The van der Waals surface area contributed by atoms with E-state index in [1.54, 1.807) is 13.8 Å². The van der Waals surface area contributed by atoms with Crippen LogP contribution in [0.2, 0.25) is 0 Å². The molecule has 0 spiro atoms. The van der Waals surface area contributed by atoms with Crippen molar-refractivity contribution < 1.29 is 19.0 Å². The van der Waals surface area contributed by atoms with Crippen LogP contribution in [0.1, 0.15) is 31.0 Å². The number of hydrogen-bond donors (Lipinski definition) is 2. The first-order valence-corrected chi connectivity index (χ1v) is 10.3. The van der Waals surface area contributed by atoms with Gasteiger partial charge in [0.1, 0.15) is 18.3 Å². The topological polar surface area (TPSA) is 112 Å². The van der Waals surface area contributed by atoms with Crippen LogP contribution in [0.25, 0.3) is 0 Å². The first kappa shape index (κ1) is 21.5. The highest BCUT2D eigenvalue weighted by Crippen LogP contribution is 2.39. The van der Waals surface area contributed by atoms with Gasteiger partial charge in [0.15, 0.2) is 5.79 Å². The van der Waals surface area contributed by atoms with Crippen LogP contribution in [0, 0.1) is 6.92 Å². The van der Waals surface area contributed by atoms with E-state index in [-0.39, 0.29) is 25.5 Å². The van der Waals surface area contributed by atoms with E-state index in [9.17, 15) is 14.4 Å². The van der Waals surface area contributed by atoms with Gasteiger partial charge in [0.05, 0.1) is 19.1 Å². The molecule has 4 atom stereocenters. The Morgan fingerprint density at radius 3 is 2.58 bits per heavy atom. The Morgan fingerprint density at radius 2 is 1.87 bits per heavy atom. The number of amides is 1. The third-order valence-corrected chi connectivity index (χ3v) is 5.58. The summed E-state index contributed by atoms with van der Waals surface area (Å²) in [7, 11) is 0. The number of aromatic amines is 1. The first-order chi connectivity index (χ1) is 14.7. The number of aromatic nitrogens is 2. The highest BCUT2D eigenvalue weighted by Gasteiger charge is 2.52. The molecule has 166 valence electrons. The van der Waals surface area contributed by atoms with E-state index in [2.05, 4.69) is 10.3 Å². The second-order valence-corrected chi connectivity index (χ2v) is 8.49. The lowest BCUT2D eigenvalue weighted by atomic mass is 9.97. The average molecular weight is 429 g/mol. The fourth-order valence-corrected chi connectivity index (χ4v) is 4.08. The lowest BCUT2D eigenvalue weighted by molar-refractivity contribution is -0.153. The third kappa shape index (κ3) is 4.79. The quantitative estimate of drug-likeness (QED) is 0.723. The molecule has 3 heterocycles. The summed E-state index contributed by atoms with van der Waals surface area (Å²) in [6, 6.07) is 8.64. The lowest BCUT2D eigenvalue weighted by Crippen LogP contribution is -2.54. The van der Waals surface area contributed by atoms with Gasteiger partial charge in [-0.3, -0.25) is 19.1 Å². The molecule has 2 aliphatic rings. The molecule has 2 saturated heterocycles. The lowest BCUT2D eigenvalue weighted by Gasteiger charge is -2.37. The molecule has 4 rings (SSSR count). The van der Waals surface area contributed by atoms with Gasteiger partial charge in [0, 0.05) is 18.8 Å². The fraction of sp³-hybridized carbons (Fsp3) is 0.500. The average Bonchev–Trinajstić information content (AvgIpc) is 3.03. The van der Waals surface area contributed by atoms with Gasteiger partial charge >= 0.3 is 5.69 Å². The number of carbonyl (C=O) groups excluding carboxylic acids is 1. The molecule has 9 heteroatoms. The second-order valence-electron chi connectivity index (χ2n) is 8.49. The Hall–Kier alpha value is -2.75. The minimum absolute atomic E-state index is 0.110. The zero-order valence-electron chi connectivity index (χ0n) is 17.8. The van der Waals surface area contributed by atoms with Crippen molar-refractivity contribution in [2.45, 2.75) is 57.3 Å². The van der Waals surface area contributed by atoms with Crippen LogP contribution in [0.5, 0.6) is 0 Å². The van der Waals surface area contributed by atoms with Gasteiger partial charge in [-0.25, -0.2) is 4.79 Å². The van der Waals surface area contributed by atoms with Gasteiger partial charge in [-0.2, -0.15) is 0 Å². The van der Waals surface area contributed by atoms with Crippen molar-refractivity contribution in [1.82, 2.24) is 14.9 Å². The summed E-state index contributed by atoms with van der Waals surface area (Å²) in [5.41, 5.74) is 1.08. The number of aryl methyl sites for hydroxylation is 1. The minimum atomic E-state index is -0.864. The molecule has 2 aliphatic heterocycles. The minimum Gasteiger partial charge on any atom is -0.371 e. The maximum Gasteiger partial charge on any atom is 0.328 e. The van der Waals surface area contributed by atoms with Crippen LogP contribution in [-0.4, -0.2) is 52.7 Å². The number of nitrogens with zero attached hydrogens (tertiary/aromatic N) is 1. The number of ether oxygens (including phenoxy) is 3. The summed E-state index contributed by atoms with van der Waals surface area (Å²) in [6.45, 7) is 6.04. The molecule has 2 aromatic rings. The van der Waals surface area contributed by atoms with Crippen LogP contribution in [0.4, 0.5) is 0 Å². The summed E-state index contributed by atoms with van der Waals surface area (Å²) in [5, 5.41) is 2.91. The number of fused-ring (bicyclic) bond motifs is 1. The molecule has 2 fully saturated rings. The largest absolute Gasteiger partial charge is 0.371 e. The van der Waals surface area contributed by atoms with E-state index in [0.29, 0.717) is 0 Å². The smallest absolute Gasteiger partial charge is 0.328 e. The van der Waals surface area contributed by atoms with Gasteiger partial charge in [0.25, 0.3) is 5.56 Å². The maximum absolute atomic E-state index is 12.4. The van der Waals surface area contributed by atoms with Gasteiger partial charge in [-0.05, 0) is 26.3 Å². The first-order valence-electron chi connectivity index (χ1n) is 10.3. The molecule has 1 aromatic heterocycles. The molecule has 1 amide bonds. The molecule has 0 bridgehead atoms. The van der Waals surface area contributed by atoms with Crippen LogP contribution < -0.4 is 16.6 Å². The van der Waals surface area contributed by atoms with Crippen molar-refractivity contribution in [3.63, 3.8) is 0 Å². The Bertz CT molecular complexity index is 1060. The molecular formula is C22H27N3O6. The van der Waals surface area contributed by atoms with Crippen LogP contribution in [-0.2, 0) is 25.4 Å². The maximum atomic E-state index is 12.4. The van der Waals surface area contributed by atoms with Gasteiger partial charge in [0.2, 0.25) is 5.91 Å². The van der Waals surface area contributed by atoms with Crippen molar-refractivity contribution >= 4 is 5.91 Å². The highest BCUT2D eigenvalue weighted by molar-refractivity contribution is 5.78. The van der Waals surface area contributed by atoms with Gasteiger partial charge in [-0.15, -0.1) is 0 Å². The van der Waals surface area contributed by atoms with E-state index < -0.39 is 41.4 Å². The molecule has 9 nitrogen and oxygen atoms in total. The molecular weight excluding hydrogens is 402 g/mol. The molecule has 2 N–H and O–H groups in total. The van der Waals surface area contributed by atoms with E-state index in [4.69, 9.17) is 14.2 Å². The third-order valence-electron chi connectivity index (χ3n) is 5.58.